The van der Waals surface area contributed by atoms with E-state index in [9.17, 15) is 18.3 Å². The summed E-state index contributed by atoms with van der Waals surface area (Å²) in [5, 5.41) is 9.35. The van der Waals surface area contributed by atoms with Crippen molar-refractivity contribution in [3.8, 4) is 5.88 Å². The number of anilines is 2. The predicted octanol–water partition coefficient (Wildman–Crippen LogP) is 1.58. The Morgan fingerprint density at radius 2 is 1.94 bits per heavy atom. The molecule has 2 atom stereocenters. The van der Waals surface area contributed by atoms with Gasteiger partial charge in [0.25, 0.3) is 0 Å². The molecule has 0 saturated carbocycles. The third-order valence-corrected chi connectivity index (χ3v) is 7.42. The Morgan fingerprint density at radius 1 is 1.19 bits per heavy atom. The molecule has 1 aromatic carbocycles. The van der Waals surface area contributed by atoms with Crippen molar-refractivity contribution in [2.75, 3.05) is 44.0 Å². The summed E-state index contributed by atoms with van der Waals surface area (Å²) in [5.74, 6) is 0.991. The van der Waals surface area contributed by atoms with Crippen molar-refractivity contribution < 1.29 is 27.8 Å². The van der Waals surface area contributed by atoms with Crippen LogP contribution in [0.4, 0.5) is 16.3 Å². The van der Waals surface area contributed by atoms with E-state index in [4.69, 9.17) is 9.47 Å². The highest BCUT2D eigenvalue weighted by molar-refractivity contribution is 7.90. The van der Waals surface area contributed by atoms with Crippen LogP contribution in [-0.2, 0) is 21.0 Å². The molecule has 2 unspecified atom stereocenters. The number of rotatable bonds is 4. The summed E-state index contributed by atoms with van der Waals surface area (Å²) in [4.78, 5) is 23.8. The van der Waals surface area contributed by atoms with Crippen LogP contribution in [-0.4, -0.2) is 79.7 Å². The Morgan fingerprint density at radius 3 is 2.62 bits per heavy atom. The second-order valence-electron chi connectivity index (χ2n) is 8.51. The van der Waals surface area contributed by atoms with E-state index in [2.05, 4.69) is 9.97 Å². The Hall–Kier alpha value is -2.92. The van der Waals surface area contributed by atoms with Crippen molar-refractivity contribution in [1.29, 1.82) is 0 Å². The number of fused-ring (bicyclic) bond motifs is 3. The minimum atomic E-state index is -3.26. The van der Waals surface area contributed by atoms with Gasteiger partial charge in [0.2, 0.25) is 5.88 Å². The van der Waals surface area contributed by atoms with Crippen LogP contribution in [0.5, 0.6) is 5.88 Å². The Kier molecular flexibility index (Phi) is 5.17. The monoisotopic (exact) mass is 460 g/mol. The molecule has 5 rings (SSSR count). The number of ether oxygens (including phenoxy) is 2. The molecule has 10 nitrogen and oxygen atoms in total. The number of nitrogens with zero attached hydrogens (tertiary/aromatic N) is 4. The average molecular weight is 461 g/mol. The first kappa shape index (κ1) is 21.0. The molecule has 1 amide bonds. The Bertz CT molecular complexity index is 1140. The van der Waals surface area contributed by atoms with Gasteiger partial charge in [-0.25, -0.2) is 23.2 Å². The van der Waals surface area contributed by atoms with Crippen LogP contribution < -0.4 is 9.64 Å². The first-order valence-corrected chi connectivity index (χ1v) is 12.3. The third kappa shape index (κ3) is 3.86. The summed E-state index contributed by atoms with van der Waals surface area (Å²) in [5.41, 5.74) is 1.88. The van der Waals surface area contributed by atoms with Crippen LogP contribution in [0, 0.1) is 11.8 Å². The first-order valence-electron chi connectivity index (χ1n) is 10.4. The van der Waals surface area contributed by atoms with E-state index in [0.29, 0.717) is 55.9 Å². The van der Waals surface area contributed by atoms with Gasteiger partial charge in [0.15, 0.2) is 9.84 Å². The van der Waals surface area contributed by atoms with Crippen LogP contribution in [0.25, 0.3) is 0 Å². The molecule has 32 heavy (non-hydrogen) atoms. The summed E-state index contributed by atoms with van der Waals surface area (Å²) >= 11 is 0. The van der Waals surface area contributed by atoms with Gasteiger partial charge in [0.1, 0.15) is 18.2 Å². The van der Waals surface area contributed by atoms with Crippen LogP contribution >= 0.6 is 0 Å². The maximum atomic E-state index is 11.9. The molecule has 0 aliphatic carbocycles. The maximum absolute atomic E-state index is 11.9. The maximum Gasteiger partial charge on any atom is 0.407 e. The molecule has 1 aromatic heterocycles. The Balaban J connectivity index is 1.36. The van der Waals surface area contributed by atoms with Crippen molar-refractivity contribution in [1.82, 2.24) is 14.9 Å². The molecule has 0 spiro atoms. The lowest BCUT2D eigenvalue weighted by Gasteiger charge is -2.45. The number of piperidine rings is 1. The summed E-state index contributed by atoms with van der Waals surface area (Å²) in [6, 6.07) is 6.92. The molecule has 2 aromatic rings. The van der Waals surface area contributed by atoms with Crippen LogP contribution in [0.15, 0.2) is 35.5 Å². The summed E-state index contributed by atoms with van der Waals surface area (Å²) in [6.45, 7) is 2.32. The first-order chi connectivity index (χ1) is 15.3. The van der Waals surface area contributed by atoms with Gasteiger partial charge >= 0.3 is 6.09 Å². The average Bonchev–Trinajstić information content (AvgIpc) is 3.16. The molecule has 4 heterocycles. The van der Waals surface area contributed by atoms with Crippen molar-refractivity contribution in [3.05, 3.63) is 36.2 Å². The molecule has 2 saturated heterocycles. The fourth-order valence-corrected chi connectivity index (χ4v) is 5.45. The van der Waals surface area contributed by atoms with Gasteiger partial charge in [-0.05, 0) is 30.2 Å². The normalized spacial score (nSPS) is 24.8. The number of sulfone groups is 1. The van der Waals surface area contributed by atoms with E-state index in [1.165, 1.54) is 17.5 Å². The summed E-state index contributed by atoms with van der Waals surface area (Å²) in [7, 11) is -3.26. The minimum absolute atomic E-state index is 0.0565. The van der Waals surface area contributed by atoms with E-state index in [1.54, 1.807) is 18.2 Å². The molecule has 2 fully saturated rings. The van der Waals surface area contributed by atoms with Crippen molar-refractivity contribution >= 4 is 27.4 Å². The minimum Gasteiger partial charge on any atom is -0.473 e. The zero-order valence-corrected chi connectivity index (χ0v) is 18.4. The largest absolute Gasteiger partial charge is 0.473 e. The standard InChI is InChI=1S/C21H24N4O6S/c1-32(28,29)16-2-3-17-13(6-16)4-5-25(17)18-7-19(23-12-22-18)31-20-14-8-24(21(26)27)9-15(20)11-30-10-14/h2-3,6-7,12,14-15,20H,4-5,8-11H2,1H3,(H,26,27). The SMILES string of the molecule is CS(=O)(=O)c1ccc2c(c1)CCN2c1cc(OC2C3COCC2CN(C(=O)O)C3)ncn1. The molecule has 1 N–H and O–H groups in total. The highest BCUT2D eigenvalue weighted by Crippen LogP contribution is 2.36. The zero-order valence-electron chi connectivity index (χ0n) is 17.5. The number of likely N-dealkylation sites (tertiary alicyclic amines) is 1. The third-order valence-electron chi connectivity index (χ3n) is 6.31. The second kappa shape index (κ2) is 7.89. The fourth-order valence-electron chi connectivity index (χ4n) is 4.78. The highest BCUT2D eigenvalue weighted by atomic mass is 32.2. The molecule has 170 valence electrons. The lowest BCUT2D eigenvalue weighted by Crippen LogP contribution is -2.58. The molecule has 3 aliphatic rings. The van der Waals surface area contributed by atoms with Gasteiger partial charge < -0.3 is 24.4 Å². The van der Waals surface area contributed by atoms with E-state index in [-0.39, 0.29) is 17.9 Å². The lowest BCUT2D eigenvalue weighted by atomic mass is 9.85. The lowest BCUT2D eigenvalue weighted by molar-refractivity contribution is -0.108. The van der Waals surface area contributed by atoms with Crippen molar-refractivity contribution in [2.45, 2.75) is 17.4 Å². The zero-order chi connectivity index (χ0) is 22.5. The summed E-state index contributed by atoms with van der Waals surface area (Å²) < 4.78 is 35.6. The summed E-state index contributed by atoms with van der Waals surface area (Å²) in [6.07, 6.45) is 2.28. The van der Waals surface area contributed by atoms with Crippen LogP contribution in [0.2, 0.25) is 0 Å². The van der Waals surface area contributed by atoms with Gasteiger partial charge in [0, 0.05) is 49.5 Å². The highest BCUT2D eigenvalue weighted by Gasteiger charge is 2.43. The van der Waals surface area contributed by atoms with Crippen molar-refractivity contribution in [2.24, 2.45) is 11.8 Å². The molecular weight excluding hydrogens is 436 g/mol. The predicted molar refractivity (Wildman–Crippen MR) is 114 cm³/mol. The van der Waals surface area contributed by atoms with E-state index in [1.807, 2.05) is 11.0 Å². The van der Waals surface area contributed by atoms with E-state index >= 15 is 0 Å². The molecule has 11 heteroatoms. The topological polar surface area (TPSA) is 122 Å². The number of hydrogen-bond acceptors (Lipinski definition) is 8. The van der Waals surface area contributed by atoms with Gasteiger partial charge in [-0.2, -0.15) is 0 Å². The number of benzene rings is 1. The molecule has 0 radical (unpaired) electrons. The number of carbonyl (C=O) groups is 1. The van der Waals surface area contributed by atoms with E-state index in [0.717, 1.165) is 11.3 Å². The smallest absolute Gasteiger partial charge is 0.407 e. The quantitative estimate of drug-likeness (QED) is 0.724. The van der Waals surface area contributed by atoms with Gasteiger partial charge in [-0.3, -0.25) is 0 Å². The second-order valence-corrected chi connectivity index (χ2v) is 10.5. The van der Waals surface area contributed by atoms with Crippen LogP contribution in [0.3, 0.4) is 0 Å². The fraction of sp³-hybridized carbons (Fsp3) is 0.476. The van der Waals surface area contributed by atoms with Gasteiger partial charge in [-0.1, -0.05) is 0 Å². The number of hydrogen-bond donors (Lipinski definition) is 1. The number of aromatic nitrogens is 2. The molecule has 3 aliphatic heterocycles. The van der Waals surface area contributed by atoms with Gasteiger partial charge in [-0.15, -0.1) is 0 Å². The Labute approximate surface area is 185 Å². The van der Waals surface area contributed by atoms with E-state index < -0.39 is 15.9 Å². The van der Waals surface area contributed by atoms with Crippen LogP contribution in [0.1, 0.15) is 5.56 Å². The number of carboxylic acid groups (broad SMARTS) is 1. The molecule has 2 bridgehead atoms. The molecular formula is C21H24N4O6S. The van der Waals surface area contributed by atoms with Crippen molar-refractivity contribution in [3.63, 3.8) is 0 Å². The van der Waals surface area contributed by atoms with Gasteiger partial charge in [0.05, 0.1) is 18.1 Å². The number of amides is 1.